The smallest absolute Gasteiger partial charge is 0.190 e. The van der Waals surface area contributed by atoms with E-state index in [1.54, 1.807) is 45.4 Å². The molecule has 0 heterocycles. The standard InChI is InChI=1S/C26H28O5/c1-17-20(26(29)22-12-5-4-11-21(22)25(17)28)13-7-10-19(27)9-6-8-18-14-15-23(30-2)24(16-18)31-3/h4-5,11-12,14-16H,6-10,13H2,1-3H3. The number of fused-ring (bicyclic) bond motifs is 1. The van der Waals surface area contributed by atoms with Gasteiger partial charge in [0.15, 0.2) is 23.1 Å². The highest BCUT2D eigenvalue weighted by atomic mass is 16.5. The Balaban J connectivity index is 1.48. The lowest BCUT2D eigenvalue weighted by molar-refractivity contribution is -0.119. The Labute approximate surface area is 183 Å². The summed E-state index contributed by atoms with van der Waals surface area (Å²) >= 11 is 0. The van der Waals surface area contributed by atoms with Gasteiger partial charge in [0.2, 0.25) is 0 Å². The Morgan fingerprint density at radius 3 is 2.06 bits per heavy atom. The van der Waals surface area contributed by atoms with Crippen LogP contribution < -0.4 is 9.47 Å². The predicted octanol–water partition coefficient (Wildman–Crippen LogP) is 5.16. The maximum atomic E-state index is 12.8. The largest absolute Gasteiger partial charge is 0.493 e. The summed E-state index contributed by atoms with van der Waals surface area (Å²) in [6.07, 6.45) is 3.45. The van der Waals surface area contributed by atoms with Gasteiger partial charge in [-0.05, 0) is 50.3 Å². The number of ether oxygens (including phenoxy) is 2. The summed E-state index contributed by atoms with van der Waals surface area (Å²) in [6, 6.07) is 12.7. The number of carbonyl (C=O) groups excluding carboxylic acids is 3. The second-order valence-electron chi connectivity index (χ2n) is 7.74. The lowest BCUT2D eigenvalue weighted by Crippen LogP contribution is -2.21. The molecule has 1 aliphatic carbocycles. The summed E-state index contributed by atoms with van der Waals surface area (Å²) in [5.74, 6) is 1.36. The maximum absolute atomic E-state index is 12.8. The van der Waals surface area contributed by atoms with Crippen LogP contribution >= 0.6 is 0 Å². The van der Waals surface area contributed by atoms with E-state index in [0.717, 1.165) is 18.4 Å². The number of Topliss-reactive ketones (excluding diaryl/α,β-unsaturated/α-hetero) is 3. The number of benzene rings is 2. The van der Waals surface area contributed by atoms with Gasteiger partial charge in [-0.15, -0.1) is 0 Å². The first-order chi connectivity index (χ1) is 15.0. The third-order valence-electron chi connectivity index (χ3n) is 5.74. The first kappa shape index (κ1) is 22.5. The van der Waals surface area contributed by atoms with Crippen LogP contribution in [0.3, 0.4) is 0 Å². The van der Waals surface area contributed by atoms with Crippen LogP contribution in [0.15, 0.2) is 53.6 Å². The molecule has 0 atom stereocenters. The number of hydrogen-bond donors (Lipinski definition) is 0. The Morgan fingerprint density at radius 2 is 1.42 bits per heavy atom. The number of methoxy groups -OCH3 is 2. The molecule has 162 valence electrons. The van der Waals surface area contributed by atoms with Crippen LogP contribution in [0.4, 0.5) is 0 Å². The van der Waals surface area contributed by atoms with Gasteiger partial charge >= 0.3 is 0 Å². The number of aryl methyl sites for hydroxylation is 1. The van der Waals surface area contributed by atoms with Crippen molar-refractivity contribution in [3.8, 4) is 11.5 Å². The van der Waals surface area contributed by atoms with E-state index in [2.05, 4.69) is 0 Å². The van der Waals surface area contributed by atoms with Gasteiger partial charge in [-0.3, -0.25) is 14.4 Å². The normalized spacial score (nSPS) is 13.3. The lowest BCUT2D eigenvalue weighted by Gasteiger charge is -2.18. The van der Waals surface area contributed by atoms with Crippen LogP contribution in [0.25, 0.3) is 0 Å². The molecule has 5 nitrogen and oxygen atoms in total. The van der Waals surface area contributed by atoms with Crippen LogP contribution in [-0.2, 0) is 11.2 Å². The molecule has 0 spiro atoms. The molecule has 0 N–H and O–H groups in total. The average molecular weight is 421 g/mol. The second kappa shape index (κ2) is 10.2. The highest BCUT2D eigenvalue weighted by molar-refractivity contribution is 6.26. The Kier molecular flexibility index (Phi) is 7.40. The zero-order valence-electron chi connectivity index (χ0n) is 18.3. The van der Waals surface area contributed by atoms with Gasteiger partial charge in [0, 0.05) is 35.1 Å². The minimum absolute atomic E-state index is 0.0893. The first-order valence-electron chi connectivity index (χ1n) is 10.6. The molecule has 0 saturated carbocycles. The molecular weight excluding hydrogens is 392 g/mol. The molecular formula is C26H28O5. The summed E-state index contributed by atoms with van der Waals surface area (Å²) < 4.78 is 10.6. The number of rotatable bonds is 10. The van der Waals surface area contributed by atoms with Crippen LogP contribution in [0, 0.1) is 0 Å². The van der Waals surface area contributed by atoms with Crippen molar-refractivity contribution < 1.29 is 23.9 Å². The number of allylic oxidation sites excluding steroid dienone is 2. The second-order valence-corrected chi connectivity index (χ2v) is 7.74. The van der Waals surface area contributed by atoms with Gasteiger partial charge in [-0.25, -0.2) is 0 Å². The van der Waals surface area contributed by atoms with Crippen molar-refractivity contribution in [2.75, 3.05) is 14.2 Å². The summed E-state index contributed by atoms with van der Waals surface area (Å²) in [5, 5.41) is 0. The van der Waals surface area contributed by atoms with Crippen molar-refractivity contribution in [3.05, 3.63) is 70.3 Å². The fraction of sp³-hybridized carbons (Fsp3) is 0.346. The van der Waals surface area contributed by atoms with Gasteiger partial charge in [0.05, 0.1) is 14.2 Å². The molecule has 31 heavy (non-hydrogen) atoms. The Bertz CT molecular complexity index is 1030. The van der Waals surface area contributed by atoms with E-state index in [1.165, 1.54) is 0 Å². The Hall–Kier alpha value is -3.21. The van der Waals surface area contributed by atoms with E-state index in [-0.39, 0.29) is 17.3 Å². The molecule has 0 amide bonds. The van der Waals surface area contributed by atoms with Gasteiger partial charge in [0.25, 0.3) is 0 Å². The molecule has 2 aromatic rings. The van der Waals surface area contributed by atoms with Gasteiger partial charge in [-0.1, -0.05) is 30.3 Å². The van der Waals surface area contributed by atoms with Crippen LogP contribution in [-0.4, -0.2) is 31.6 Å². The molecule has 0 bridgehead atoms. The maximum Gasteiger partial charge on any atom is 0.190 e. The topological polar surface area (TPSA) is 69.7 Å². The summed E-state index contributed by atoms with van der Waals surface area (Å²) in [4.78, 5) is 37.6. The highest BCUT2D eigenvalue weighted by Crippen LogP contribution is 2.30. The molecule has 0 unspecified atom stereocenters. The van der Waals surface area contributed by atoms with Crippen molar-refractivity contribution in [1.82, 2.24) is 0 Å². The molecule has 3 rings (SSSR count). The molecule has 0 aliphatic heterocycles. The first-order valence-corrected chi connectivity index (χ1v) is 10.6. The summed E-state index contributed by atoms with van der Waals surface area (Å²) in [5.41, 5.74) is 3.08. The van der Waals surface area contributed by atoms with E-state index in [9.17, 15) is 14.4 Å². The van der Waals surface area contributed by atoms with Gasteiger partial charge in [0.1, 0.15) is 5.78 Å². The fourth-order valence-corrected chi connectivity index (χ4v) is 3.97. The molecule has 1 aliphatic rings. The quantitative estimate of drug-likeness (QED) is 0.531. The van der Waals surface area contributed by atoms with Gasteiger partial charge < -0.3 is 9.47 Å². The number of hydrogen-bond acceptors (Lipinski definition) is 5. The van der Waals surface area contributed by atoms with E-state index in [4.69, 9.17) is 9.47 Å². The monoisotopic (exact) mass is 420 g/mol. The van der Waals surface area contributed by atoms with Crippen molar-refractivity contribution in [1.29, 1.82) is 0 Å². The minimum atomic E-state index is -0.0913. The molecule has 0 radical (unpaired) electrons. The van der Waals surface area contributed by atoms with E-state index in [0.29, 0.717) is 59.5 Å². The highest BCUT2D eigenvalue weighted by Gasteiger charge is 2.28. The van der Waals surface area contributed by atoms with Crippen molar-refractivity contribution in [2.45, 2.75) is 45.4 Å². The molecule has 0 saturated heterocycles. The minimum Gasteiger partial charge on any atom is -0.493 e. The summed E-state index contributed by atoms with van der Waals surface area (Å²) in [6.45, 7) is 1.70. The van der Waals surface area contributed by atoms with Crippen LogP contribution in [0.1, 0.15) is 65.3 Å². The van der Waals surface area contributed by atoms with Crippen LogP contribution in [0.2, 0.25) is 0 Å². The summed E-state index contributed by atoms with van der Waals surface area (Å²) in [7, 11) is 3.20. The number of ketones is 3. The van der Waals surface area contributed by atoms with Crippen molar-refractivity contribution in [2.24, 2.45) is 0 Å². The van der Waals surface area contributed by atoms with E-state index < -0.39 is 0 Å². The third-order valence-corrected chi connectivity index (χ3v) is 5.74. The predicted molar refractivity (Wildman–Crippen MR) is 119 cm³/mol. The van der Waals surface area contributed by atoms with E-state index in [1.807, 2.05) is 18.2 Å². The zero-order valence-corrected chi connectivity index (χ0v) is 18.3. The molecule has 0 fully saturated rings. The Morgan fingerprint density at radius 1 is 0.806 bits per heavy atom. The van der Waals surface area contributed by atoms with Gasteiger partial charge in [-0.2, -0.15) is 0 Å². The number of carbonyl (C=O) groups is 3. The lowest BCUT2D eigenvalue weighted by atomic mass is 9.82. The van der Waals surface area contributed by atoms with Crippen LogP contribution in [0.5, 0.6) is 11.5 Å². The fourth-order valence-electron chi connectivity index (χ4n) is 3.97. The van der Waals surface area contributed by atoms with E-state index >= 15 is 0 Å². The zero-order chi connectivity index (χ0) is 22.4. The average Bonchev–Trinajstić information content (AvgIpc) is 2.79. The third kappa shape index (κ3) is 5.10. The van der Waals surface area contributed by atoms with Crippen molar-refractivity contribution >= 4 is 17.3 Å². The molecule has 2 aromatic carbocycles. The molecule has 0 aromatic heterocycles. The molecule has 5 heteroatoms. The SMILES string of the molecule is COc1ccc(CCCC(=O)CCCC2=C(C)C(=O)c3ccccc3C2=O)cc1OC. The van der Waals surface area contributed by atoms with Crippen molar-refractivity contribution in [3.63, 3.8) is 0 Å².